The normalized spacial score (nSPS) is 17.8. The van der Waals surface area contributed by atoms with Gasteiger partial charge < -0.3 is 9.64 Å². The van der Waals surface area contributed by atoms with Gasteiger partial charge in [0.25, 0.3) is 5.91 Å². The first-order valence-corrected chi connectivity index (χ1v) is 8.64. The monoisotopic (exact) mass is 324 g/mol. The van der Waals surface area contributed by atoms with Crippen molar-refractivity contribution in [1.29, 1.82) is 0 Å². The summed E-state index contributed by atoms with van der Waals surface area (Å²) in [5.74, 6) is 0.727. The van der Waals surface area contributed by atoms with Crippen LogP contribution in [0.25, 0.3) is 0 Å². The second-order valence-electron chi connectivity index (χ2n) is 6.44. The van der Waals surface area contributed by atoms with Crippen LogP contribution in [0.1, 0.15) is 55.1 Å². The minimum Gasteiger partial charge on any atom is -0.475 e. The van der Waals surface area contributed by atoms with Gasteiger partial charge >= 0.3 is 0 Å². The van der Waals surface area contributed by atoms with Gasteiger partial charge in [0, 0.05) is 23.9 Å². The highest BCUT2D eigenvalue weighted by atomic mass is 16.5. The van der Waals surface area contributed by atoms with Gasteiger partial charge in [0.15, 0.2) is 0 Å². The summed E-state index contributed by atoms with van der Waals surface area (Å²) in [5, 5.41) is 0. The average molecular weight is 324 g/mol. The maximum atomic E-state index is 13.0. The number of carbonyl (C=O) groups is 1. The van der Waals surface area contributed by atoms with Gasteiger partial charge in [0.05, 0.1) is 12.1 Å². The number of piperidine rings is 1. The summed E-state index contributed by atoms with van der Waals surface area (Å²) in [6.07, 6.45) is 4.89. The number of pyridine rings is 1. The van der Waals surface area contributed by atoms with Crippen molar-refractivity contribution in [2.45, 2.75) is 45.3 Å². The number of aromatic nitrogens is 1. The van der Waals surface area contributed by atoms with E-state index in [2.05, 4.69) is 4.98 Å². The van der Waals surface area contributed by atoms with Crippen molar-refractivity contribution in [1.82, 2.24) is 9.88 Å². The van der Waals surface area contributed by atoms with E-state index < -0.39 is 0 Å². The van der Waals surface area contributed by atoms with Crippen molar-refractivity contribution < 1.29 is 9.53 Å². The Morgan fingerprint density at radius 2 is 1.96 bits per heavy atom. The fourth-order valence-corrected chi connectivity index (χ4v) is 3.22. The van der Waals surface area contributed by atoms with E-state index >= 15 is 0 Å². The lowest BCUT2D eigenvalue weighted by atomic mass is 9.95. The maximum absolute atomic E-state index is 13.0. The third-order valence-electron chi connectivity index (χ3n) is 4.29. The standard InChI is InChI=1S/C20H24N2O2/c1-15(2)24-19-17(11-8-13-21-19)18-12-6-7-14-22(18)20(23)16-9-4-3-5-10-16/h3-5,8-11,13,15,18H,6-7,12,14H2,1-2H3/t18-/m0/s1. The molecule has 0 radical (unpaired) electrons. The Balaban J connectivity index is 1.92. The first kappa shape index (κ1) is 16.5. The zero-order chi connectivity index (χ0) is 16.9. The number of ether oxygens (including phenoxy) is 1. The predicted octanol–water partition coefficient (Wildman–Crippen LogP) is 4.24. The predicted molar refractivity (Wildman–Crippen MR) is 94.1 cm³/mol. The molecule has 1 aliphatic heterocycles. The number of amides is 1. The lowest BCUT2D eigenvalue weighted by Gasteiger charge is -2.36. The molecule has 0 saturated carbocycles. The van der Waals surface area contributed by atoms with E-state index in [1.807, 2.05) is 61.2 Å². The van der Waals surface area contributed by atoms with E-state index in [1.54, 1.807) is 6.20 Å². The van der Waals surface area contributed by atoms with Gasteiger partial charge in [-0.1, -0.05) is 24.3 Å². The number of rotatable bonds is 4. The topological polar surface area (TPSA) is 42.4 Å². The molecule has 1 aromatic carbocycles. The van der Waals surface area contributed by atoms with Crippen LogP contribution < -0.4 is 4.74 Å². The molecule has 1 amide bonds. The minimum absolute atomic E-state index is 0.0221. The number of hydrogen-bond donors (Lipinski definition) is 0. The Hall–Kier alpha value is -2.36. The Morgan fingerprint density at radius 3 is 2.71 bits per heavy atom. The van der Waals surface area contributed by atoms with Gasteiger partial charge in [-0.05, 0) is 51.3 Å². The fourth-order valence-electron chi connectivity index (χ4n) is 3.22. The molecule has 24 heavy (non-hydrogen) atoms. The Morgan fingerprint density at radius 1 is 1.17 bits per heavy atom. The van der Waals surface area contributed by atoms with Crippen molar-refractivity contribution >= 4 is 5.91 Å². The third kappa shape index (κ3) is 3.58. The highest BCUT2D eigenvalue weighted by Gasteiger charge is 2.31. The molecule has 1 aliphatic rings. The van der Waals surface area contributed by atoms with Crippen LogP contribution in [0.2, 0.25) is 0 Å². The molecule has 4 heteroatoms. The first-order valence-electron chi connectivity index (χ1n) is 8.64. The van der Waals surface area contributed by atoms with E-state index in [1.165, 1.54) is 0 Å². The van der Waals surface area contributed by atoms with Crippen LogP contribution in [0.3, 0.4) is 0 Å². The van der Waals surface area contributed by atoms with Crippen LogP contribution in [-0.2, 0) is 0 Å². The molecule has 0 N–H and O–H groups in total. The Bertz CT molecular complexity index is 685. The zero-order valence-corrected chi connectivity index (χ0v) is 14.3. The van der Waals surface area contributed by atoms with Gasteiger partial charge in [0.1, 0.15) is 0 Å². The molecule has 2 aromatic rings. The highest BCUT2D eigenvalue weighted by molar-refractivity contribution is 5.94. The van der Waals surface area contributed by atoms with Crippen LogP contribution >= 0.6 is 0 Å². The lowest BCUT2D eigenvalue weighted by molar-refractivity contribution is 0.0605. The summed E-state index contributed by atoms with van der Waals surface area (Å²) < 4.78 is 5.88. The van der Waals surface area contributed by atoms with Crippen molar-refractivity contribution in [2.75, 3.05) is 6.54 Å². The quantitative estimate of drug-likeness (QED) is 0.845. The minimum atomic E-state index is 0.0221. The number of nitrogens with zero attached hydrogens (tertiary/aromatic N) is 2. The molecule has 0 aliphatic carbocycles. The summed E-state index contributed by atoms with van der Waals surface area (Å²) >= 11 is 0. The van der Waals surface area contributed by atoms with Crippen LogP contribution in [0, 0.1) is 0 Å². The van der Waals surface area contributed by atoms with Crippen LogP contribution in [-0.4, -0.2) is 28.4 Å². The van der Waals surface area contributed by atoms with Gasteiger partial charge in [-0.2, -0.15) is 0 Å². The molecule has 0 spiro atoms. The van der Waals surface area contributed by atoms with Crippen molar-refractivity contribution in [2.24, 2.45) is 0 Å². The summed E-state index contributed by atoms with van der Waals surface area (Å²) in [4.78, 5) is 19.4. The fraction of sp³-hybridized carbons (Fsp3) is 0.400. The molecule has 1 aromatic heterocycles. The number of hydrogen-bond acceptors (Lipinski definition) is 3. The number of benzene rings is 1. The van der Waals surface area contributed by atoms with E-state index in [9.17, 15) is 4.79 Å². The summed E-state index contributed by atoms with van der Waals surface area (Å²) in [7, 11) is 0. The van der Waals surface area contributed by atoms with Gasteiger partial charge in [-0.25, -0.2) is 4.98 Å². The first-order chi connectivity index (χ1) is 11.7. The number of carbonyl (C=O) groups excluding carboxylic acids is 1. The molecule has 1 saturated heterocycles. The maximum Gasteiger partial charge on any atom is 0.254 e. The second kappa shape index (κ2) is 7.47. The number of likely N-dealkylation sites (tertiary alicyclic amines) is 1. The summed E-state index contributed by atoms with van der Waals surface area (Å²) in [6, 6.07) is 13.5. The molecule has 0 unspecified atom stereocenters. The van der Waals surface area contributed by atoms with Crippen LogP contribution in [0.5, 0.6) is 5.88 Å². The van der Waals surface area contributed by atoms with Gasteiger partial charge in [-0.3, -0.25) is 4.79 Å². The molecule has 4 nitrogen and oxygen atoms in total. The third-order valence-corrected chi connectivity index (χ3v) is 4.29. The summed E-state index contributed by atoms with van der Waals surface area (Å²) in [6.45, 7) is 4.76. The molecule has 1 atom stereocenters. The smallest absolute Gasteiger partial charge is 0.254 e. The SMILES string of the molecule is CC(C)Oc1ncccc1[C@@H]1CCCCN1C(=O)c1ccccc1. The van der Waals surface area contributed by atoms with Crippen molar-refractivity contribution in [3.05, 3.63) is 59.8 Å². The molecule has 126 valence electrons. The summed E-state index contributed by atoms with van der Waals surface area (Å²) in [5.41, 5.74) is 1.75. The molecular formula is C20H24N2O2. The largest absolute Gasteiger partial charge is 0.475 e. The average Bonchev–Trinajstić information content (AvgIpc) is 2.62. The Labute approximate surface area is 143 Å². The molecular weight excluding hydrogens is 300 g/mol. The van der Waals surface area contributed by atoms with E-state index in [0.29, 0.717) is 5.88 Å². The van der Waals surface area contributed by atoms with Gasteiger partial charge in [0.2, 0.25) is 5.88 Å². The van der Waals surface area contributed by atoms with Crippen molar-refractivity contribution in [3.8, 4) is 5.88 Å². The molecule has 2 heterocycles. The van der Waals surface area contributed by atoms with E-state index in [-0.39, 0.29) is 18.1 Å². The zero-order valence-electron chi connectivity index (χ0n) is 14.3. The van der Waals surface area contributed by atoms with E-state index in [0.717, 1.165) is 36.9 Å². The molecule has 3 rings (SSSR count). The van der Waals surface area contributed by atoms with Crippen LogP contribution in [0.15, 0.2) is 48.7 Å². The Kier molecular flexibility index (Phi) is 5.14. The van der Waals surface area contributed by atoms with E-state index in [4.69, 9.17) is 4.74 Å². The second-order valence-corrected chi connectivity index (χ2v) is 6.44. The van der Waals surface area contributed by atoms with Crippen LogP contribution in [0.4, 0.5) is 0 Å². The molecule has 0 bridgehead atoms. The lowest BCUT2D eigenvalue weighted by Crippen LogP contribution is -2.38. The highest BCUT2D eigenvalue weighted by Crippen LogP contribution is 2.36. The van der Waals surface area contributed by atoms with Gasteiger partial charge in [-0.15, -0.1) is 0 Å². The van der Waals surface area contributed by atoms with Crippen molar-refractivity contribution in [3.63, 3.8) is 0 Å². The molecule has 1 fully saturated rings.